The minimum absolute atomic E-state index is 0.101. The molecule has 17 heavy (non-hydrogen) atoms. The van der Waals surface area contributed by atoms with Crippen molar-refractivity contribution in [1.82, 2.24) is 0 Å². The van der Waals surface area contributed by atoms with E-state index >= 15 is 0 Å². The van der Waals surface area contributed by atoms with Gasteiger partial charge in [-0.2, -0.15) is 0 Å². The molecule has 94 valence electrons. The highest BCUT2D eigenvalue weighted by Gasteiger charge is 2.35. The zero-order valence-electron chi connectivity index (χ0n) is 10.0. The first-order chi connectivity index (χ1) is 8.11. The summed E-state index contributed by atoms with van der Waals surface area (Å²) < 4.78 is 9.17. The van der Waals surface area contributed by atoms with E-state index in [9.17, 15) is 14.4 Å². The van der Waals surface area contributed by atoms with Crippen LogP contribution in [0.2, 0.25) is 0 Å². The number of rotatable bonds is 2. The number of hydrogen-bond donors (Lipinski definition) is 0. The van der Waals surface area contributed by atoms with Gasteiger partial charge in [-0.25, -0.2) is 4.79 Å². The van der Waals surface area contributed by atoms with Crippen molar-refractivity contribution in [3.63, 3.8) is 0 Å². The molecule has 0 saturated carbocycles. The Morgan fingerprint density at radius 2 is 1.94 bits per heavy atom. The van der Waals surface area contributed by atoms with Gasteiger partial charge in [0.1, 0.15) is 5.92 Å². The van der Waals surface area contributed by atoms with E-state index in [1.165, 1.54) is 14.2 Å². The van der Waals surface area contributed by atoms with Crippen LogP contribution in [0.3, 0.4) is 0 Å². The van der Waals surface area contributed by atoms with E-state index in [-0.39, 0.29) is 17.8 Å². The van der Waals surface area contributed by atoms with Crippen molar-refractivity contribution in [2.75, 3.05) is 14.2 Å². The molecule has 1 aliphatic carbocycles. The fourth-order valence-electron chi connectivity index (χ4n) is 1.83. The molecule has 0 aromatic carbocycles. The normalized spacial score (nSPS) is 20.9. The van der Waals surface area contributed by atoms with E-state index < -0.39 is 17.9 Å². The Bertz CT molecular complexity index is 356. The summed E-state index contributed by atoms with van der Waals surface area (Å²) in [7, 11) is 2.42. The summed E-state index contributed by atoms with van der Waals surface area (Å²) >= 11 is 0. The fourth-order valence-corrected chi connectivity index (χ4v) is 1.83. The molecule has 0 fully saturated rings. The van der Waals surface area contributed by atoms with Crippen molar-refractivity contribution in [3.05, 3.63) is 11.6 Å². The number of carbonyl (C=O) groups is 3. The Morgan fingerprint density at radius 3 is 2.53 bits per heavy atom. The third kappa shape index (κ3) is 3.15. The Hall–Kier alpha value is -1.65. The van der Waals surface area contributed by atoms with Crippen molar-refractivity contribution in [2.45, 2.75) is 25.7 Å². The van der Waals surface area contributed by atoms with Gasteiger partial charge in [0.05, 0.1) is 19.8 Å². The van der Waals surface area contributed by atoms with Crippen LogP contribution in [0.15, 0.2) is 11.6 Å². The number of ether oxygens (including phenoxy) is 2. The van der Waals surface area contributed by atoms with Gasteiger partial charge >= 0.3 is 11.9 Å². The van der Waals surface area contributed by atoms with Crippen LogP contribution in [-0.4, -0.2) is 31.9 Å². The molecule has 0 heterocycles. The van der Waals surface area contributed by atoms with E-state index in [0.717, 1.165) is 12.8 Å². The van der Waals surface area contributed by atoms with Gasteiger partial charge < -0.3 is 9.47 Å². The molecule has 5 nitrogen and oxygen atoms in total. The molecule has 1 unspecified atom stereocenters. The lowest BCUT2D eigenvalue weighted by Gasteiger charge is -2.17. The van der Waals surface area contributed by atoms with Gasteiger partial charge in [-0.05, 0) is 19.3 Å². The zero-order chi connectivity index (χ0) is 12.8. The molecule has 5 heteroatoms. The summed E-state index contributed by atoms with van der Waals surface area (Å²) in [6, 6.07) is 0. The lowest BCUT2D eigenvalue weighted by Crippen LogP contribution is -2.31. The van der Waals surface area contributed by atoms with Crippen LogP contribution in [0.1, 0.15) is 25.7 Å². The molecule has 0 radical (unpaired) electrons. The number of methoxy groups -OCH3 is 2. The third-order valence-corrected chi connectivity index (χ3v) is 2.73. The molecule has 0 aliphatic heterocycles. The molecule has 0 amide bonds. The Labute approximate surface area is 99.8 Å². The molecule has 1 rings (SSSR count). The maximum Gasteiger partial charge on any atom is 0.334 e. The van der Waals surface area contributed by atoms with Gasteiger partial charge in [0, 0.05) is 6.42 Å². The van der Waals surface area contributed by atoms with Crippen molar-refractivity contribution in [1.29, 1.82) is 0 Å². The predicted octanol–water partition coefficient (Wildman–Crippen LogP) is 1.02. The molecule has 1 aliphatic rings. The Kier molecular flexibility index (Phi) is 4.87. The van der Waals surface area contributed by atoms with Gasteiger partial charge in [0.25, 0.3) is 0 Å². The van der Waals surface area contributed by atoms with Gasteiger partial charge in [-0.1, -0.05) is 6.08 Å². The molecule has 0 saturated heterocycles. The number of carbonyl (C=O) groups excluding carboxylic acids is 3. The highest BCUT2D eigenvalue weighted by atomic mass is 16.5. The number of allylic oxidation sites excluding steroid dienone is 1. The first-order valence-corrected chi connectivity index (χ1v) is 5.50. The van der Waals surface area contributed by atoms with Crippen LogP contribution >= 0.6 is 0 Å². The highest BCUT2D eigenvalue weighted by Crippen LogP contribution is 2.23. The van der Waals surface area contributed by atoms with E-state index in [1.807, 2.05) is 0 Å². The lowest BCUT2D eigenvalue weighted by atomic mass is 9.88. The molecular weight excluding hydrogens is 224 g/mol. The first-order valence-electron chi connectivity index (χ1n) is 5.50. The smallest absolute Gasteiger partial charge is 0.334 e. The highest BCUT2D eigenvalue weighted by molar-refractivity contribution is 6.09. The molecule has 0 bridgehead atoms. The van der Waals surface area contributed by atoms with E-state index in [1.54, 1.807) is 6.08 Å². The van der Waals surface area contributed by atoms with Crippen LogP contribution in [-0.2, 0) is 23.9 Å². The van der Waals surface area contributed by atoms with Crippen LogP contribution in [0, 0.1) is 5.92 Å². The quantitative estimate of drug-likeness (QED) is 0.532. The van der Waals surface area contributed by atoms with Crippen LogP contribution < -0.4 is 0 Å². The van der Waals surface area contributed by atoms with E-state index in [0.29, 0.717) is 6.42 Å². The summed E-state index contributed by atoms with van der Waals surface area (Å²) in [6.45, 7) is 0. The topological polar surface area (TPSA) is 69.7 Å². The monoisotopic (exact) mass is 240 g/mol. The van der Waals surface area contributed by atoms with Crippen molar-refractivity contribution >= 4 is 17.7 Å². The average molecular weight is 240 g/mol. The standard InChI is InChI=1S/C12H16O5/c1-16-11(14)8-6-4-3-5-7-9(13)10(8)12(15)17-2/h6,10H,3-5,7H2,1-2H3. The van der Waals surface area contributed by atoms with Crippen molar-refractivity contribution in [3.8, 4) is 0 Å². The maximum atomic E-state index is 11.8. The lowest BCUT2D eigenvalue weighted by molar-refractivity contribution is -0.151. The van der Waals surface area contributed by atoms with Crippen LogP contribution in [0.25, 0.3) is 0 Å². The summed E-state index contributed by atoms with van der Waals surface area (Å²) in [4.78, 5) is 35.0. The number of esters is 2. The summed E-state index contributed by atoms with van der Waals surface area (Å²) in [5, 5.41) is 0. The second-order valence-corrected chi connectivity index (χ2v) is 3.82. The minimum atomic E-state index is -1.13. The molecule has 0 spiro atoms. The number of hydrogen-bond acceptors (Lipinski definition) is 5. The zero-order valence-corrected chi connectivity index (χ0v) is 10.0. The Balaban J connectivity index is 3.09. The molecule has 0 N–H and O–H groups in total. The summed E-state index contributed by atoms with van der Waals surface area (Å²) in [5.74, 6) is -2.76. The second-order valence-electron chi connectivity index (χ2n) is 3.82. The minimum Gasteiger partial charge on any atom is -0.468 e. The largest absolute Gasteiger partial charge is 0.468 e. The number of ketones is 1. The van der Waals surface area contributed by atoms with Crippen LogP contribution in [0.4, 0.5) is 0 Å². The fraction of sp³-hybridized carbons (Fsp3) is 0.583. The summed E-state index contributed by atoms with van der Waals surface area (Å²) in [6.07, 6.45) is 4.08. The van der Waals surface area contributed by atoms with Gasteiger partial charge in [-0.15, -0.1) is 0 Å². The molecular formula is C12H16O5. The Morgan fingerprint density at radius 1 is 1.24 bits per heavy atom. The second kappa shape index (κ2) is 6.18. The average Bonchev–Trinajstić information content (AvgIpc) is 2.32. The van der Waals surface area contributed by atoms with E-state index in [2.05, 4.69) is 9.47 Å². The first kappa shape index (κ1) is 13.4. The third-order valence-electron chi connectivity index (χ3n) is 2.73. The molecule has 0 aromatic rings. The maximum absolute atomic E-state index is 11.8. The summed E-state index contributed by atoms with van der Waals surface area (Å²) in [5.41, 5.74) is 0.101. The molecule has 0 aromatic heterocycles. The van der Waals surface area contributed by atoms with Gasteiger partial charge in [0.15, 0.2) is 5.78 Å². The predicted molar refractivity (Wildman–Crippen MR) is 59.1 cm³/mol. The van der Waals surface area contributed by atoms with Gasteiger partial charge in [0.2, 0.25) is 0 Å². The van der Waals surface area contributed by atoms with Crippen LogP contribution in [0.5, 0.6) is 0 Å². The van der Waals surface area contributed by atoms with Crippen molar-refractivity contribution in [2.24, 2.45) is 5.92 Å². The van der Waals surface area contributed by atoms with Crippen molar-refractivity contribution < 1.29 is 23.9 Å². The SMILES string of the molecule is COC(=O)C1=CCCCCC(=O)C1C(=O)OC. The van der Waals surface area contributed by atoms with E-state index in [4.69, 9.17) is 0 Å². The molecule has 1 atom stereocenters. The van der Waals surface area contributed by atoms with Gasteiger partial charge in [-0.3, -0.25) is 9.59 Å². The number of Topliss-reactive ketones (excluding diaryl/α,β-unsaturated/α-hetero) is 1.